The summed E-state index contributed by atoms with van der Waals surface area (Å²) < 4.78 is 6.49. The molecule has 1 heterocycles. The first-order valence-corrected chi connectivity index (χ1v) is 10.9. The highest BCUT2D eigenvalue weighted by Gasteiger charge is 2.46. The van der Waals surface area contributed by atoms with Crippen molar-refractivity contribution < 1.29 is 9.84 Å². The van der Waals surface area contributed by atoms with Gasteiger partial charge in [-0.1, -0.05) is 58.1 Å². The number of ether oxygens (including phenoxy) is 1. The molecule has 0 amide bonds. The van der Waals surface area contributed by atoms with Gasteiger partial charge in [0.25, 0.3) is 0 Å². The molecule has 2 heteroatoms. The molecule has 2 atom stereocenters. The minimum Gasteiger partial charge on any atom is -0.508 e. The number of hydrogen-bond donors (Lipinski definition) is 1. The van der Waals surface area contributed by atoms with Gasteiger partial charge in [-0.05, 0) is 63.1 Å². The molecule has 27 heavy (non-hydrogen) atoms. The lowest BCUT2D eigenvalue weighted by Gasteiger charge is -2.47. The van der Waals surface area contributed by atoms with Gasteiger partial charge in [-0.15, -0.1) is 0 Å². The number of benzene rings is 1. The van der Waals surface area contributed by atoms with Crippen molar-refractivity contribution in [3.05, 3.63) is 34.9 Å². The average Bonchev–Trinajstić information content (AvgIpc) is 2.57. The number of aromatic hydroxyl groups is 1. The predicted octanol–water partition coefficient (Wildman–Crippen LogP) is 7.25. The Morgan fingerprint density at radius 3 is 2.63 bits per heavy atom. The molecule has 0 fully saturated rings. The smallest absolute Gasteiger partial charge is 0.127 e. The van der Waals surface area contributed by atoms with Crippen LogP contribution >= 0.6 is 0 Å². The molecule has 0 spiro atoms. The molecule has 0 aromatic heterocycles. The number of rotatable bonds is 6. The third kappa shape index (κ3) is 4.05. The van der Waals surface area contributed by atoms with Gasteiger partial charge in [0.15, 0.2) is 0 Å². The molecule has 1 aliphatic heterocycles. The van der Waals surface area contributed by atoms with Gasteiger partial charge in [0.1, 0.15) is 17.1 Å². The van der Waals surface area contributed by atoms with Crippen molar-refractivity contribution in [1.29, 1.82) is 0 Å². The summed E-state index contributed by atoms with van der Waals surface area (Å²) in [5, 5.41) is 11.0. The first-order valence-electron chi connectivity index (χ1n) is 10.9. The maximum atomic E-state index is 11.0. The number of fused-ring (bicyclic) bond motifs is 3. The Labute approximate surface area is 166 Å². The number of unbranched alkanes of at least 4 members (excludes halogenated alkanes) is 3. The highest BCUT2D eigenvalue weighted by Crippen LogP contribution is 2.54. The van der Waals surface area contributed by atoms with E-state index in [1.165, 1.54) is 36.8 Å². The second-order valence-corrected chi connectivity index (χ2v) is 10.0. The molecule has 1 aliphatic carbocycles. The van der Waals surface area contributed by atoms with Crippen LogP contribution in [0.5, 0.6) is 11.5 Å². The van der Waals surface area contributed by atoms with E-state index in [-0.39, 0.29) is 11.0 Å². The maximum Gasteiger partial charge on any atom is 0.127 e. The second-order valence-electron chi connectivity index (χ2n) is 10.0. The van der Waals surface area contributed by atoms with Crippen LogP contribution in [0.2, 0.25) is 0 Å². The van der Waals surface area contributed by atoms with E-state index in [9.17, 15) is 5.11 Å². The van der Waals surface area contributed by atoms with Crippen LogP contribution < -0.4 is 4.74 Å². The zero-order chi connectivity index (χ0) is 19.8. The topological polar surface area (TPSA) is 29.5 Å². The lowest BCUT2D eigenvalue weighted by molar-refractivity contribution is 0.00741. The van der Waals surface area contributed by atoms with Crippen molar-refractivity contribution in [3.8, 4) is 11.5 Å². The summed E-state index contributed by atoms with van der Waals surface area (Å²) >= 11 is 0. The summed E-state index contributed by atoms with van der Waals surface area (Å²) in [6.45, 7) is 13.5. The van der Waals surface area contributed by atoms with E-state index in [0.717, 1.165) is 30.6 Å². The van der Waals surface area contributed by atoms with Crippen LogP contribution in [0.15, 0.2) is 23.8 Å². The van der Waals surface area contributed by atoms with Crippen LogP contribution in [0.4, 0.5) is 0 Å². The Kier molecular flexibility index (Phi) is 5.66. The maximum absolute atomic E-state index is 11.0. The monoisotopic (exact) mass is 370 g/mol. The number of phenols is 1. The van der Waals surface area contributed by atoms with Crippen molar-refractivity contribution in [1.82, 2.24) is 0 Å². The summed E-state index contributed by atoms with van der Waals surface area (Å²) in [5.41, 5.74) is 3.52. The molecule has 0 bridgehead atoms. The summed E-state index contributed by atoms with van der Waals surface area (Å²) in [5.74, 6) is 2.12. The SMILES string of the molecule is CCCCCCC(C)(C)c1cc(O)c2c(c1)OC(C)(C)[C@@H]1CC=C(C)CC21. The molecule has 1 unspecified atom stereocenters. The average molecular weight is 371 g/mol. The fourth-order valence-corrected chi connectivity index (χ4v) is 5.09. The molecule has 0 saturated carbocycles. The Hall–Kier alpha value is -1.44. The zero-order valence-electron chi connectivity index (χ0n) is 18.2. The van der Waals surface area contributed by atoms with Crippen LogP contribution in [-0.2, 0) is 5.41 Å². The van der Waals surface area contributed by atoms with E-state index in [4.69, 9.17) is 4.74 Å². The van der Waals surface area contributed by atoms with Crippen LogP contribution in [0.3, 0.4) is 0 Å². The van der Waals surface area contributed by atoms with Crippen LogP contribution in [0.1, 0.15) is 104 Å². The highest BCUT2D eigenvalue weighted by atomic mass is 16.5. The summed E-state index contributed by atoms with van der Waals surface area (Å²) in [7, 11) is 0. The van der Waals surface area contributed by atoms with E-state index < -0.39 is 0 Å². The number of allylic oxidation sites excluding steroid dienone is 2. The molecule has 1 aromatic rings. The first kappa shape index (κ1) is 20.3. The van der Waals surface area contributed by atoms with Gasteiger partial charge >= 0.3 is 0 Å². The Morgan fingerprint density at radius 2 is 1.93 bits per heavy atom. The quantitative estimate of drug-likeness (QED) is 0.422. The lowest BCUT2D eigenvalue weighted by Crippen LogP contribution is -2.45. The van der Waals surface area contributed by atoms with Gasteiger partial charge in [-0.25, -0.2) is 0 Å². The minimum atomic E-state index is -0.203. The molecular formula is C25H38O2. The Balaban J connectivity index is 1.93. The predicted molar refractivity (Wildman–Crippen MR) is 114 cm³/mol. The first-order chi connectivity index (χ1) is 12.7. The van der Waals surface area contributed by atoms with Crippen LogP contribution in [0, 0.1) is 5.92 Å². The zero-order valence-corrected chi connectivity index (χ0v) is 18.2. The van der Waals surface area contributed by atoms with Gasteiger partial charge in [0.2, 0.25) is 0 Å². The standard InChI is InChI=1S/C25H38O2/c1-7-8-9-10-13-24(3,4)18-15-21(26)23-19-14-17(2)11-12-20(19)25(5,6)27-22(23)16-18/h11,15-16,19-20,26H,7-10,12-14H2,1-6H3/t19?,20-/m1/s1. The Morgan fingerprint density at radius 1 is 1.19 bits per heavy atom. The molecular weight excluding hydrogens is 332 g/mol. The van der Waals surface area contributed by atoms with E-state index in [1.54, 1.807) is 0 Å². The van der Waals surface area contributed by atoms with Crippen molar-refractivity contribution in [3.63, 3.8) is 0 Å². The van der Waals surface area contributed by atoms with Gasteiger partial charge in [0.05, 0.1) is 0 Å². The molecule has 0 radical (unpaired) electrons. The van der Waals surface area contributed by atoms with Gasteiger partial charge in [0, 0.05) is 17.4 Å². The lowest BCUT2D eigenvalue weighted by atomic mass is 9.66. The summed E-state index contributed by atoms with van der Waals surface area (Å²) in [4.78, 5) is 0. The Bertz CT molecular complexity index is 711. The fourth-order valence-electron chi connectivity index (χ4n) is 5.09. The van der Waals surface area contributed by atoms with Crippen molar-refractivity contribution >= 4 is 0 Å². The van der Waals surface area contributed by atoms with E-state index in [0.29, 0.717) is 17.6 Å². The summed E-state index contributed by atoms with van der Waals surface area (Å²) in [6.07, 6.45) is 10.6. The third-order valence-corrected chi connectivity index (χ3v) is 6.94. The molecule has 0 saturated heterocycles. The van der Waals surface area contributed by atoms with E-state index >= 15 is 0 Å². The third-order valence-electron chi connectivity index (χ3n) is 6.94. The van der Waals surface area contributed by atoms with E-state index in [2.05, 4.69) is 53.7 Å². The number of hydrogen-bond acceptors (Lipinski definition) is 2. The number of phenolic OH excluding ortho intramolecular Hbond substituents is 1. The van der Waals surface area contributed by atoms with E-state index in [1.807, 2.05) is 6.07 Å². The van der Waals surface area contributed by atoms with Gasteiger partial charge < -0.3 is 9.84 Å². The largest absolute Gasteiger partial charge is 0.508 e. The van der Waals surface area contributed by atoms with Gasteiger partial charge in [-0.2, -0.15) is 0 Å². The minimum absolute atomic E-state index is 0.0486. The van der Waals surface area contributed by atoms with Crippen molar-refractivity contribution in [2.24, 2.45) is 5.92 Å². The molecule has 1 N–H and O–H groups in total. The fraction of sp³-hybridized carbons (Fsp3) is 0.680. The molecule has 3 rings (SSSR count). The molecule has 2 nitrogen and oxygen atoms in total. The van der Waals surface area contributed by atoms with Crippen molar-refractivity contribution in [2.75, 3.05) is 0 Å². The molecule has 1 aromatic carbocycles. The highest BCUT2D eigenvalue weighted by molar-refractivity contribution is 5.54. The van der Waals surface area contributed by atoms with Gasteiger partial charge in [-0.3, -0.25) is 0 Å². The van der Waals surface area contributed by atoms with Crippen LogP contribution in [-0.4, -0.2) is 10.7 Å². The van der Waals surface area contributed by atoms with Crippen molar-refractivity contribution in [2.45, 2.75) is 103 Å². The molecule has 150 valence electrons. The molecule has 2 aliphatic rings. The second kappa shape index (κ2) is 7.53. The summed E-state index contributed by atoms with van der Waals surface area (Å²) in [6, 6.07) is 4.24. The normalized spacial score (nSPS) is 23.9. The van der Waals surface area contributed by atoms with Crippen LogP contribution in [0.25, 0.3) is 0 Å².